The number of nitrogens with zero attached hydrogens (tertiary/aromatic N) is 1. The highest BCUT2D eigenvalue weighted by atomic mass is 16.5. The minimum Gasteiger partial charge on any atom is -0.469 e. The van der Waals surface area contributed by atoms with Crippen molar-refractivity contribution in [1.29, 1.82) is 0 Å². The van der Waals surface area contributed by atoms with E-state index in [9.17, 15) is 4.79 Å². The Morgan fingerprint density at radius 2 is 2.05 bits per heavy atom. The molecule has 0 saturated carbocycles. The summed E-state index contributed by atoms with van der Waals surface area (Å²) in [6.07, 6.45) is 0.420. The Balaban J connectivity index is 2.05. The molecule has 0 aliphatic carbocycles. The number of rotatable bonds is 3. The molecule has 0 aromatic heterocycles. The molecule has 4 heteroatoms. The third-order valence-electron chi connectivity index (χ3n) is 3.50. The Labute approximate surface area is 114 Å². The van der Waals surface area contributed by atoms with Gasteiger partial charge in [0.25, 0.3) is 0 Å². The van der Waals surface area contributed by atoms with Crippen LogP contribution in [-0.4, -0.2) is 38.3 Å². The molecule has 1 heterocycles. The van der Waals surface area contributed by atoms with E-state index >= 15 is 0 Å². The predicted octanol–water partition coefficient (Wildman–Crippen LogP) is 1.72. The summed E-state index contributed by atoms with van der Waals surface area (Å²) in [5, 5.41) is 3.45. The van der Waals surface area contributed by atoms with Gasteiger partial charge in [-0.1, -0.05) is 17.7 Å². The lowest BCUT2D eigenvalue weighted by atomic mass is 10.1. The van der Waals surface area contributed by atoms with Crippen LogP contribution in [0.5, 0.6) is 0 Å². The number of nitrogens with one attached hydrogen (secondary N) is 1. The van der Waals surface area contributed by atoms with Crippen molar-refractivity contribution >= 4 is 11.7 Å². The second-order valence-corrected chi connectivity index (χ2v) is 5.29. The van der Waals surface area contributed by atoms with Crippen molar-refractivity contribution in [1.82, 2.24) is 5.32 Å². The summed E-state index contributed by atoms with van der Waals surface area (Å²) in [5.74, 6) is -0.157. The fraction of sp³-hybridized carbons (Fsp3) is 0.533. The van der Waals surface area contributed by atoms with Gasteiger partial charge in [-0.05, 0) is 26.0 Å². The van der Waals surface area contributed by atoms with Gasteiger partial charge in [-0.2, -0.15) is 0 Å². The fourth-order valence-electron chi connectivity index (χ4n) is 2.55. The lowest BCUT2D eigenvalue weighted by Gasteiger charge is -2.38. The molecular weight excluding hydrogens is 240 g/mol. The van der Waals surface area contributed by atoms with Crippen LogP contribution in [0.1, 0.15) is 18.9 Å². The molecule has 1 N–H and O–H groups in total. The number of methoxy groups -OCH3 is 1. The van der Waals surface area contributed by atoms with Crippen LogP contribution in [0.15, 0.2) is 24.3 Å². The van der Waals surface area contributed by atoms with Gasteiger partial charge in [0.05, 0.1) is 13.5 Å². The van der Waals surface area contributed by atoms with Crippen LogP contribution in [0.25, 0.3) is 0 Å². The first-order valence-corrected chi connectivity index (χ1v) is 6.73. The normalized spacial score (nSPS) is 23.2. The maximum absolute atomic E-state index is 11.4. The van der Waals surface area contributed by atoms with Crippen molar-refractivity contribution in [2.45, 2.75) is 32.4 Å². The van der Waals surface area contributed by atoms with E-state index in [1.807, 2.05) is 0 Å². The van der Waals surface area contributed by atoms with Gasteiger partial charge in [0.2, 0.25) is 0 Å². The van der Waals surface area contributed by atoms with Gasteiger partial charge in [-0.25, -0.2) is 0 Å². The molecule has 104 valence electrons. The van der Waals surface area contributed by atoms with E-state index in [1.54, 1.807) is 0 Å². The predicted molar refractivity (Wildman–Crippen MR) is 76.4 cm³/mol. The first-order chi connectivity index (χ1) is 9.08. The summed E-state index contributed by atoms with van der Waals surface area (Å²) in [6.45, 7) is 6.03. The van der Waals surface area contributed by atoms with Crippen molar-refractivity contribution in [2.75, 3.05) is 25.1 Å². The molecule has 1 aromatic rings. The first-order valence-electron chi connectivity index (χ1n) is 6.73. The van der Waals surface area contributed by atoms with Crippen LogP contribution < -0.4 is 10.2 Å². The minimum atomic E-state index is -0.157. The summed E-state index contributed by atoms with van der Waals surface area (Å²) in [5.41, 5.74) is 2.48. The van der Waals surface area contributed by atoms with Crippen LogP contribution in [-0.2, 0) is 9.53 Å². The van der Waals surface area contributed by atoms with E-state index in [1.165, 1.54) is 18.4 Å². The quantitative estimate of drug-likeness (QED) is 0.842. The number of hydrogen-bond donors (Lipinski definition) is 1. The molecule has 1 aliphatic rings. The third kappa shape index (κ3) is 3.70. The smallest absolute Gasteiger partial charge is 0.307 e. The summed E-state index contributed by atoms with van der Waals surface area (Å²) in [7, 11) is 1.44. The SMILES string of the molecule is COC(=O)CC1CN(c2ccc(C)cc2)CC(C)N1. The third-order valence-corrected chi connectivity index (χ3v) is 3.50. The van der Waals surface area contributed by atoms with Crippen LogP contribution in [0.4, 0.5) is 5.69 Å². The summed E-state index contributed by atoms with van der Waals surface area (Å²) in [6, 6.07) is 9.04. The van der Waals surface area contributed by atoms with E-state index < -0.39 is 0 Å². The van der Waals surface area contributed by atoms with E-state index in [4.69, 9.17) is 4.74 Å². The molecule has 19 heavy (non-hydrogen) atoms. The number of carbonyl (C=O) groups is 1. The summed E-state index contributed by atoms with van der Waals surface area (Å²) in [4.78, 5) is 13.7. The maximum atomic E-state index is 11.4. The second kappa shape index (κ2) is 6.06. The molecular formula is C15H22N2O2. The Kier molecular flexibility index (Phi) is 4.43. The zero-order chi connectivity index (χ0) is 13.8. The molecule has 1 fully saturated rings. The average molecular weight is 262 g/mol. The Morgan fingerprint density at radius 1 is 1.37 bits per heavy atom. The lowest BCUT2D eigenvalue weighted by molar-refractivity contribution is -0.141. The maximum Gasteiger partial charge on any atom is 0.307 e. The summed E-state index contributed by atoms with van der Waals surface area (Å²) < 4.78 is 4.75. The van der Waals surface area contributed by atoms with Gasteiger partial charge in [0, 0.05) is 30.9 Å². The lowest BCUT2D eigenvalue weighted by Crippen LogP contribution is -2.56. The summed E-state index contributed by atoms with van der Waals surface area (Å²) >= 11 is 0. The molecule has 0 spiro atoms. The van der Waals surface area contributed by atoms with Crippen molar-refractivity contribution in [3.8, 4) is 0 Å². The van der Waals surface area contributed by atoms with Gasteiger partial charge in [0.1, 0.15) is 0 Å². The molecule has 1 saturated heterocycles. The number of carbonyl (C=O) groups excluding carboxylic acids is 1. The zero-order valence-corrected chi connectivity index (χ0v) is 11.8. The fourth-order valence-corrected chi connectivity index (χ4v) is 2.55. The van der Waals surface area contributed by atoms with Gasteiger partial charge in [0.15, 0.2) is 0 Å². The number of ether oxygens (including phenoxy) is 1. The van der Waals surface area contributed by atoms with Gasteiger partial charge in [-0.3, -0.25) is 4.79 Å². The van der Waals surface area contributed by atoms with Crippen LogP contribution in [0.2, 0.25) is 0 Å². The van der Waals surface area contributed by atoms with Gasteiger partial charge < -0.3 is 15.0 Å². The first kappa shape index (κ1) is 13.9. The molecule has 4 nitrogen and oxygen atoms in total. The highest BCUT2D eigenvalue weighted by molar-refractivity contribution is 5.70. The average Bonchev–Trinajstić information content (AvgIpc) is 2.38. The molecule has 2 atom stereocenters. The van der Waals surface area contributed by atoms with E-state index in [0.717, 1.165) is 13.1 Å². The number of aryl methyl sites for hydroxylation is 1. The van der Waals surface area contributed by atoms with E-state index in [0.29, 0.717) is 12.5 Å². The van der Waals surface area contributed by atoms with Crippen LogP contribution in [0.3, 0.4) is 0 Å². The van der Waals surface area contributed by atoms with Crippen LogP contribution in [0, 0.1) is 6.92 Å². The Bertz CT molecular complexity index is 430. The second-order valence-electron chi connectivity index (χ2n) is 5.29. The molecule has 0 bridgehead atoms. The Morgan fingerprint density at radius 3 is 2.68 bits per heavy atom. The van der Waals surface area contributed by atoms with E-state index in [2.05, 4.69) is 48.3 Å². The van der Waals surface area contributed by atoms with Crippen molar-refractivity contribution in [2.24, 2.45) is 0 Å². The monoisotopic (exact) mass is 262 g/mol. The highest BCUT2D eigenvalue weighted by Crippen LogP contribution is 2.19. The van der Waals surface area contributed by atoms with Crippen molar-refractivity contribution in [3.63, 3.8) is 0 Å². The molecule has 2 rings (SSSR count). The number of benzene rings is 1. The number of anilines is 1. The Hall–Kier alpha value is -1.55. The van der Waals surface area contributed by atoms with E-state index in [-0.39, 0.29) is 12.0 Å². The topological polar surface area (TPSA) is 41.6 Å². The molecule has 1 aromatic carbocycles. The number of esters is 1. The van der Waals surface area contributed by atoms with Gasteiger partial charge >= 0.3 is 5.97 Å². The minimum absolute atomic E-state index is 0.150. The molecule has 0 amide bonds. The van der Waals surface area contributed by atoms with Crippen LogP contribution >= 0.6 is 0 Å². The van der Waals surface area contributed by atoms with Gasteiger partial charge in [-0.15, -0.1) is 0 Å². The van der Waals surface area contributed by atoms with Crippen molar-refractivity contribution < 1.29 is 9.53 Å². The molecule has 1 aliphatic heterocycles. The number of piperazine rings is 1. The number of hydrogen-bond acceptors (Lipinski definition) is 4. The standard InChI is InChI=1S/C15H22N2O2/c1-11-4-6-14(7-5-11)17-9-12(2)16-13(10-17)8-15(18)19-3/h4-7,12-13,16H,8-10H2,1-3H3. The zero-order valence-electron chi connectivity index (χ0n) is 11.8. The molecule has 2 unspecified atom stereocenters. The molecule has 0 radical (unpaired) electrons. The van der Waals surface area contributed by atoms with Crippen molar-refractivity contribution in [3.05, 3.63) is 29.8 Å². The largest absolute Gasteiger partial charge is 0.469 e. The highest BCUT2D eigenvalue weighted by Gasteiger charge is 2.26.